The molecule has 0 saturated heterocycles. The summed E-state index contributed by atoms with van der Waals surface area (Å²) in [6.45, 7) is 0.646. The zero-order chi connectivity index (χ0) is 13.9. The van der Waals surface area contributed by atoms with Crippen molar-refractivity contribution in [3.63, 3.8) is 0 Å². The van der Waals surface area contributed by atoms with Gasteiger partial charge in [0, 0.05) is 12.7 Å². The molecule has 1 aliphatic rings. The number of nitrogens with zero attached hydrogens (tertiary/aromatic N) is 1. The summed E-state index contributed by atoms with van der Waals surface area (Å²) in [6, 6.07) is 9.10. The third-order valence-electron chi connectivity index (χ3n) is 3.43. The van der Waals surface area contributed by atoms with Gasteiger partial charge in [-0.2, -0.15) is 0 Å². The van der Waals surface area contributed by atoms with Crippen molar-refractivity contribution in [1.29, 1.82) is 0 Å². The molecule has 1 aromatic heterocycles. The van der Waals surface area contributed by atoms with Gasteiger partial charge in [0.15, 0.2) is 5.82 Å². The van der Waals surface area contributed by atoms with E-state index in [2.05, 4.69) is 15.6 Å². The van der Waals surface area contributed by atoms with E-state index in [0.29, 0.717) is 13.0 Å². The van der Waals surface area contributed by atoms with E-state index in [0.717, 1.165) is 11.8 Å². The summed E-state index contributed by atoms with van der Waals surface area (Å²) >= 11 is 0. The SMILES string of the molecule is O=C(Nc1ccncc1F)C1Cc2ccccc2CN1. The van der Waals surface area contributed by atoms with Crippen molar-refractivity contribution in [3.8, 4) is 0 Å². The van der Waals surface area contributed by atoms with Crippen molar-refractivity contribution in [2.45, 2.75) is 19.0 Å². The van der Waals surface area contributed by atoms with Crippen LogP contribution >= 0.6 is 0 Å². The zero-order valence-corrected chi connectivity index (χ0v) is 10.8. The molecule has 2 N–H and O–H groups in total. The Morgan fingerprint density at radius 2 is 2.10 bits per heavy atom. The fourth-order valence-corrected chi connectivity index (χ4v) is 2.34. The molecule has 102 valence electrons. The number of hydrogen-bond acceptors (Lipinski definition) is 3. The predicted molar refractivity (Wildman–Crippen MR) is 73.6 cm³/mol. The Labute approximate surface area is 116 Å². The van der Waals surface area contributed by atoms with Gasteiger partial charge in [-0.1, -0.05) is 24.3 Å². The van der Waals surface area contributed by atoms with Crippen molar-refractivity contribution in [2.75, 3.05) is 5.32 Å². The number of halogens is 1. The third-order valence-corrected chi connectivity index (χ3v) is 3.43. The van der Waals surface area contributed by atoms with Crippen LogP contribution in [-0.4, -0.2) is 16.9 Å². The maximum atomic E-state index is 13.5. The number of aromatic nitrogens is 1. The minimum absolute atomic E-state index is 0.158. The van der Waals surface area contributed by atoms with Crippen LogP contribution < -0.4 is 10.6 Å². The Kier molecular flexibility index (Phi) is 3.43. The molecule has 1 aromatic carbocycles. The standard InChI is InChI=1S/C15H14FN3O/c16-12-9-17-6-5-13(12)19-15(20)14-7-10-3-1-2-4-11(10)8-18-14/h1-6,9,14,18H,7-8H2,(H,17,19,20). The average Bonchev–Trinajstić information content (AvgIpc) is 2.49. The fourth-order valence-electron chi connectivity index (χ4n) is 2.34. The largest absolute Gasteiger partial charge is 0.322 e. The van der Waals surface area contributed by atoms with Gasteiger partial charge in [0.1, 0.15) is 0 Å². The van der Waals surface area contributed by atoms with Crippen molar-refractivity contribution in [2.24, 2.45) is 0 Å². The highest BCUT2D eigenvalue weighted by Gasteiger charge is 2.24. The molecule has 20 heavy (non-hydrogen) atoms. The van der Waals surface area contributed by atoms with Crippen LogP contribution in [0.15, 0.2) is 42.7 Å². The average molecular weight is 271 g/mol. The predicted octanol–water partition coefficient (Wildman–Crippen LogP) is 1.87. The second-order valence-corrected chi connectivity index (χ2v) is 4.75. The van der Waals surface area contributed by atoms with Crippen LogP contribution in [0, 0.1) is 5.82 Å². The summed E-state index contributed by atoms with van der Waals surface area (Å²) in [4.78, 5) is 15.8. The van der Waals surface area contributed by atoms with Gasteiger partial charge in [-0.15, -0.1) is 0 Å². The van der Waals surface area contributed by atoms with Crippen molar-refractivity contribution >= 4 is 11.6 Å². The monoisotopic (exact) mass is 271 g/mol. The van der Waals surface area contributed by atoms with Crippen LogP contribution in [0.5, 0.6) is 0 Å². The number of pyridine rings is 1. The number of fused-ring (bicyclic) bond motifs is 1. The van der Waals surface area contributed by atoms with Crippen molar-refractivity contribution < 1.29 is 9.18 Å². The Hall–Kier alpha value is -2.27. The number of nitrogens with one attached hydrogen (secondary N) is 2. The van der Waals surface area contributed by atoms with Crippen LogP contribution in [0.25, 0.3) is 0 Å². The summed E-state index contributed by atoms with van der Waals surface area (Å²) in [6.07, 6.45) is 3.14. The molecule has 0 fully saturated rings. The van der Waals surface area contributed by atoms with Gasteiger partial charge in [-0.3, -0.25) is 9.78 Å². The van der Waals surface area contributed by atoms with E-state index in [1.165, 1.54) is 17.8 Å². The second kappa shape index (κ2) is 5.38. The van der Waals surface area contributed by atoms with Gasteiger partial charge in [0.25, 0.3) is 0 Å². The van der Waals surface area contributed by atoms with E-state index in [1.54, 1.807) is 0 Å². The second-order valence-electron chi connectivity index (χ2n) is 4.75. The van der Waals surface area contributed by atoms with E-state index < -0.39 is 5.82 Å². The van der Waals surface area contributed by atoms with Crippen molar-refractivity contribution in [3.05, 3.63) is 59.7 Å². The first-order valence-corrected chi connectivity index (χ1v) is 6.44. The number of amides is 1. The summed E-state index contributed by atoms with van der Waals surface area (Å²) in [5, 5.41) is 5.76. The molecule has 0 saturated carbocycles. The van der Waals surface area contributed by atoms with E-state index in [-0.39, 0.29) is 17.6 Å². The Morgan fingerprint density at radius 1 is 1.30 bits per heavy atom. The van der Waals surface area contributed by atoms with E-state index in [9.17, 15) is 9.18 Å². The topological polar surface area (TPSA) is 54.0 Å². The molecule has 1 atom stereocenters. The smallest absolute Gasteiger partial charge is 0.241 e. The molecule has 1 aliphatic heterocycles. The van der Waals surface area contributed by atoms with Crippen molar-refractivity contribution in [1.82, 2.24) is 10.3 Å². The Morgan fingerprint density at radius 3 is 2.90 bits per heavy atom. The maximum Gasteiger partial charge on any atom is 0.241 e. The molecule has 1 amide bonds. The molecule has 4 nitrogen and oxygen atoms in total. The lowest BCUT2D eigenvalue weighted by Gasteiger charge is -2.25. The summed E-state index contributed by atoms with van der Waals surface area (Å²) in [5.74, 6) is -0.762. The molecular weight excluding hydrogens is 257 g/mol. The number of rotatable bonds is 2. The van der Waals surface area contributed by atoms with E-state index in [1.807, 2.05) is 24.3 Å². The lowest BCUT2D eigenvalue weighted by Crippen LogP contribution is -2.44. The first-order chi connectivity index (χ1) is 9.74. The van der Waals surface area contributed by atoms with Gasteiger partial charge in [0.2, 0.25) is 5.91 Å². The van der Waals surface area contributed by atoms with Crippen LogP contribution in [0.1, 0.15) is 11.1 Å². The quantitative estimate of drug-likeness (QED) is 0.876. The molecule has 0 radical (unpaired) electrons. The molecule has 2 heterocycles. The highest BCUT2D eigenvalue weighted by molar-refractivity contribution is 5.95. The number of benzene rings is 1. The highest BCUT2D eigenvalue weighted by Crippen LogP contribution is 2.18. The molecule has 0 spiro atoms. The summed E-state index contributed by atoms with van der Waals surface area (Å²) < 4.78 is 13.5. The van der Waals surface area contributed by atoms with Crippen LogP contribution in [0.4, 0.5) is 10.1 Å². The molecule has 5 heteroatoms. The van der Waals surface area contributed by atoms with Crippen LogP contribution in [-0.2, 0) is 17.8 Å². The molecule has 2 aromatic rings. The molecule has 1 unspecified atom stereocenters. The van der Waals surface area contributed by atoms with Gasteiger partial charge in [-0.05, 0) is 23.6 Å². The van der Waals surface area contributed by atoms with Crippen LogP contribution in [0.3, 0.4) is 0 Å². The molecule has 3 rings (SSSR count). The third kappa shape index (κ3) is 2.53. The first kappa shape index (κ1) is 12.7. The lowest BCUT2D eigenvalue weighted by atomic mass is 9.95. The fraction of sp³-hybridized carbons (Fsp3) is 0.200. The molecule has 0 aliphatic carbocycles. The minimum atomic E-state index is -0.531. The molecule has 0 bridgehead atoms. The number of anilines is 1. The van der Waals surface area contributed by atoms with E-state index >= 15 is 0 Å². The van der Waals surface area contributed by atoms with Gasteiger partial charge >= 0.3 is 0 Å². The summed E-state index contributed by atoms with van der Waals surface area (Å²) in [5.41, 5.74) is 2.51. The number of hydrogen-bond donors (Lipinski definition) is 2. The number of carbonyl (C=O) groups excluding carboxylic acids is 1. The lowest BCUT2D eigenvalue weighted by molar-refractivity contribution is -0.118. The first-order valence-electron chi connectivity index (χ1n) is 6.44. The molecular formula is C15H14FN3O. The summed E-state index contributed by atoms with van der Waals surface area (Å²) in [7, 11) is 0. The van der Waals surface area contributed by atoms with Gasteiger partial charge in [0.05, 0.1) is 17.9 Å². The van der Waals surface area contributed by atoms with Gasteiger partial charge < -0.3 is 10.6 Å². The van der Waals surface area contributed by atoms with E-state index in [4.69, 9.17) is 0 Å². The zero-order valence-electron chi connectivity index (χ0n) is 10.8. The minimum Gasteiger partial charge on any atom is -0.322 e. The Bertz CT molecular complexity index is 645. The number of carbonyl (C=O) groups is 1. The van der Waals surface area contributed by atoms with Crippen LogP contribution in [0.2, 0.25) is 0 Å². The van der Waals surface area contributed by atoms with Gasteiger partial charge in [-0.25, -0.2) is 4.39 Å². The maximum absolute atomic E-state index is 13.5. The normalized spacial score (nSPS) is 17.4. The Balaban J connectivity index is 1.72. The highest BCUT2D eigenvalue weighted by atomic mass is 19.1.